The molecule has 0 saturated heterocycles. The van der Waals surface area contributed by atoms with Crippen molar-refractivity contribution in [2.75, 3.05) is 16.9 Å². The molecule has 8 heteroatoms. The summed E-state index contributed by atoms with van der Waals surface area (Å²) in [6, 6.07) is 9.20. The summed E-state index contributed by atoms with van der Waals surface area (Å²) in [6.07, 6.45) is 1.78. The van der Waals surface area contributed by atoms with Gasteiger partial charge in [0.15, 0.2) is 11.6 Å². The SMILES string of the molecule is O=C(CN1C(=O)CCCc2ccccc21)NNc1c(F)cc(Cl)cc1F. The number of rotatable bonds is 4. The zero-order valence-electron chi connectivity index (χ0n) is 13.7. The van der Waals surface area contributed by atoms with E-state index in [-0.39, 0.29) is 17.5 Å². The highest BCUT2D eigenvalue weighted by molar-refractivity contribution is 6.30. The molecule has 0 bridgehead atoms. The number of hydrogen-bond acceptors (Lipinski definition) is 3. The van der Waals surface area contributed by atoms with Crippen LogP contribution in [0.5, 0.6) is 0 Å². The van der Waals surface area contributed by atoms with E-state index in [0.717, 1.165) is 24.1 Å². The molecule has 2 N–H and O–H groups in total. The molecule has 1 heterocycles. The molecule has 2 amide bonds. The smallest absolute Gasteiger partial charge is 0.258 e. The molecule has 0 saturated carbocycles. The van der Waals surface area contributed by atoms with Gasteiger partial charge in [0.1, 0.15) is 12.2 Å². The number of amides is 2. The van der Waals surface area contributed by atoms with Gasteiger partial charge in [-0.2, -0.15) is 0 Å². The van der Waals surface area contributed by atoms with Gasteiger partial charge in [-0.25, -0.2) is 8.78 Å². The summed E-state index contributed by atoms with van der Waals surface area (Å²) in [4.78, 5) is 25.9. The molecule has 1 aliphatic heterocycles. The molecule has 5 nitrogen and oxygen atoms in total. The van der Waals surface area contributed by atoms with Gasteiger partial charge in [0.05, 0.1) is 0 Å². The Labute approximate surface area is 153 Å². The number of nitrogens with zero attached hydrogens (tertiary/aromatic N) is 1. The van der Waals surface area contributed by atoms with E-state index in [2.05, 4.69) is 10.9 Å². The first-order valence-corrected chi connectivity index (χ1v) is 8.41. The Morgan fingerprint density at radius 3 is 2.58 bits per heavy atom. The fraction of sp³-hybridized carbons (Fsp3) is 0.222. The molecule has 0 aromatic heterocycles. The zero-order valence-corrected chi connectivity index (χ0v) is 14.4. The Morgan fingerprint density at radius 1 is 1.15 bits per heavy atom. The summed E-state index contributed by atoms with van der Waals surface area (Å²) in [5.41, 5.74) is 5.55. The molecule has 3 rings (SSSR count). The number of hydrazine groups is 1. The fourth-order valence-corrected chi connectivity index (χ4v) is 3.03. The van der Waals surface area contributed by atoms with E-state index in [1.165, 1.54) is 4.90 Å². The normalized spacial score (nSPS) is 13.8. The molecule has 0 spiro atoms. The van der Waals surface area contributed by atoms with E-state index in [1.54, 1.807) is 12.1 Å². The molecule has 0 aliphatic carbocycles. The molecular weight excluding hydrogens is 364 g/mol. The summed E-state index contributed by atoms with van der Waals surface area (Å²) in [5.74, 6) is -2.66. The van der Waals surface area contributed by atoms with Gasteiger partial charge in [-0.3, -0.25) is 20.4 Å². The van der Waals surface area contributed by atoms with Crippen LogP contribution in [0.4, 0.5) is 20.2 Å². The standard InChI is InChI=1S/C18H16ClF2N3O2/c19-12-8-13(20)18(14(21)9-12)23-22-16(25)10-24-15-6-2-1-4-11(15)5-3-7-17(24)26/h1-2,4,6,8-9,23H,3,5,7,10H2,(H,22,25). The molecule has 2 aromatic carbocycles. The van der Waals surface area contributed by atoms with Crippen LogP contribution in [0.15, 0.2) is 36.4 Å². The van der Waals surface area contributed by atoms with Crippen LogP contribution in [0.1, 0.15) is 18.4 Å². The van der Waals surface area contributed by atoms with Crippen molar-refractivity contribution in [2.45, 2.75) is 19.3 Å². The first kappa shape index (κ1) is 18.1. The monoisotopic (exact) mass is 379 g/mol. The Hall–Kier alpha value is -2.67. The van der Waals surface area contributed by atoms with Crippen molar-refractivity contribution in [3.8, 4) is 0 Å². The van der Waals surface area contributed by atoms with Crippen LogP contribution < -0.4 is 15.8 Å². The third-order valence-electron chi connectivity index (χ3n) is 4.06. The maximum Gasteiger partial charge on any atom is 0.258 e. The van der Waals surface area contributed by atoms with E-state index in [0.29, 0.717) is 18.5 Å². The van der Waals surface area contributed by atoms with Crippen molar-refractivity contribution in [1.29, 1.82) is 0 Å². The zero-order chi connectivity index (χ0) is 18.7. The number of carbonyl (C=O) groups is 2. The minimum atomic E-state index is -0.938. The van der Waals surface area contributed by atoms with Gasteiger partial charge >= 0.3 is 0 Å². The molecule has 136 valence electrons. The van der Waals surface area contributed by atoms with Crippen LogP contribution in [0.3, 0.4) is 0 Å². The molecule has 0 unspecified atom stereocenters. The largest absolute Gasteiger partial charge is 0.303 e. The number of nitrogens with one attached hydrogen (secondary N) is 2. The third kappa shape index (κ3) is 3.94. The topological polar surface area (TPSA) is 61.4 Å². The Balaban J connectivity index is 1.71. The number of carbonyl (C=O) groups excluding carboxylic acids is 2. The molecule has 0 atom stereocenters. The van der Waals surface area contributed by atoms with Crippen molar-refractivity contribution in [3.05, 3.63) is 58.6 Å². The highest BCUT2D eigenvalue weighted by atomic mass is 35.5. The second-order valence-corrected chi connectivity index (χ2v) is 6.32. The summed E-state index contributed by atoms with van der Waals surface area (Å²) in [6.45, 7) is -0.264. The third-order valence-corrected chi connectivity index (χ3v) is 4.27. The predicted octanol–water partition coefficient (Wildman–Crippen LogP) is 3.43. The minimum absolute atomic E-state index is 0.0938. The predicted molar refractivity (Wildman–Crippen MR) is 94.9 cm³/mol. The number of benzene rings is 2. The Morgan fingerprint density at radius 2 is 1.85 bits per heavy atom. The van der Waals surface area contributed by atoms with E-state index in [1.807, 2.05) is 12.1 Å². The molecular formula is C18H16ClF2N3O2. The maximum atomic E-state index is 13.7. The van der Waals surface area contributed by atoms with Crippen LogP contribution in [-0.2, 0) is 16.0 Å². The Bertz CT molecular complexity index is 837. The lowest BCUT2D eigenvalue weighted by Gasteiger charge is -2.22. The lowest BCUT2D eigenvalue weighted by molar-refractivity contribution is -0.123. The van der Waals surface area contributed by atoms with Crippen LogP contribution in [-0.4, -0.2) is 18.4 Å². The van der Waals surface area contributed by atoms with E-state index < -0.39 is 23.2 Å². The number of aryl methyl sites for hydroxylation is 1. The lowest BCUT2D eigenvalue weighted by Crippen LogP contribution is -2.42. The van der Waals surface area contributed by atoms with Gasteiger partial charge in [0.25, 0.3) is 5.91 Å². The number of halogens is 3. The van der Waals surface area contributed by atoms with E-state index in [4.69, 9.17) is 11.6 Å². The van der Waals surface area contributed by atoms with Crippen molar-refractivity contribution in [3.63, 3.8) is 0 Å². The average Bonchev–Trinajstić information content (AvgIpc) is 2.73. The summed E-state index contributed by atoms with van der Waals surface area (Å²) >= 11 is 5.55. The molecule has 26 heavy (non-hydrogen) atoms. The minimum Gasteiger partial charge on any atom is -0.303 e. The van der Waals surface area contributed by atoms with Crippen LogP contribution in [0, 0.1) is 11.6 Å². The van der Waals surface area contributed by atoms with Crippen molar-refractivity contribution in [1.82, 2.24) is 5.43 Å². The first-order valence-electron chi connectivity index (χ1n) is 8.03. The number of para-hydroxylation sites is 1. The van der Waals surface area contributed by atoms with Gasteiger partial charge in [0.2, 0.25) is 5.91 Å². The van der Waals surface area contributed by atoms with Crippen LogP contribution in [0.2, 0.25) is 5.02 Å². The van der Waals surface area contributed by atoms with Crippen LogP contribution in [0.25, 0.3) is 0 Å². The molecule has 0 fully saturated rings. The molecule has 1 aliphatic rings. The van der Waals surface area contributed by atoms with Gasteiger partial charge in [-0.1, -0.05) is 29.8 Å². The van der Waals surface area contributed by atoms with Gasteiger partial charge in [0, 0.05) is 17.1 Å². The number of fused-ring (bicyclic) bond motifs is 1. The summed E-state index contributed by atoms with van der Waals surface area (Å²) in [7, 11) is 0. The van der Waals surface area contributed by atoms with Crippen molar-refractivity contribution in [2.24, 2.45) is 0 Å². The fourth-order valence-electron chi connectivity index (χ4n) is 2.84. The number of anilines is 2. The second-order valence-electron chi connectivity index (χ2n) is 5.88. The summed E-state index contributed by atoms with van der Waals surface area (Å²) < 4.78 is 27.5. The van der Waals surface area contributed by atoms with E-state index in [9.17, 15) is 18.4 Å². The lowest BCUT2D eigenvalue weighted by atomic mass is 10.1. The Kier molecular flexibility index (Phi) is 5.37. The van der Waals surface area contributed by atoms with Gasteiger partial charge < -0.3 is 4.90 Å². The van der Waals surface area contributed by atoms with Gasteiger partial charge in [-0.15, -0.1) is 0 Å². The van der Waals surface area contributed by atoms with E-state index >= 15 is 0 Å². The van der Waals surface area contributed by atoms with Gasteiger partial charge in [-0.05, 0) is 36.6 Å². The maximum absolute atomic E-state index is 13.7. The highest BCUT2D eigenvalue weighted by Crippen LogP contribution is 2.26. The molecule has 0 radical (unpaired) electrons. The summed E-state index contributed by atoms with van der Waals surface area (Å²) in [5, 5.41) is -0.0938. The van der Waals surface area contributed by atoms with Crippen molar-refractivity contribution >= 4 is 34.8 Å². The quantitative estimate of drug-likeness (QED) is 0.800. The first-order chi connectivity index (χ1) is 12.5. The van der Waals surface area contributed by atoms with Crippen LogP contribution >= 0.6 is 11.6 Å². The highest BCUT2D eigenvalue weighted by Gasteiger charge is 2.24. The average molecular weight is 380 g/mol. The van der Waals surface area contributed by atoms with Crippen molar-refractivity contribution < 1.29 is 18.4 Å². The molecule has 2 aromatic rings. The second kappa shape index (κ2) is 7.70. The number of hydrogen-bond donors (Lipinski definition) is 2.